The van der Waals surface area contributed by atoms with Crippen LogP contribution in [-0.2, 0) is 18.4 Å². The third-order valence-corrected chi connectivity index (χ3v) is 6.28. The lowest BCUT2D eigenvalue weighted by Crippen LogP contribution is -2.36. The molecule has 1 aliphatic heterocycles. The lowest BCUT2D eigenvalue weighted by molar-refractivity contribution is 0.0451. The van der Waals surface area contributed by atoms with E-state index in [1.807, 2.05) is 13.0 Å². The van der Waals surface area contributed by atoms with Crippen LogP contribution in [0.15, 0.2) is 24.3 Å². The molecule has 28 heavy (non-hydrogen) atoms. The van der Waals surface area contributed by atoms with Gasteiger partial charge in [-0.05, 0) is 56.7 Å². The largest absolute Gasteiger partial charge is 0.480 e. The Morgan fingerprint density at radius 1 is 1.21 bits per heavy atom. The molecule has 1 atom stereocenters. The number of carbonyl (C=O) groups is 1. The molecule has 1 amide bonds. The highest BCUT2D eigenvalue weighted by Crippen LogP contribution is 2.51. The highest BCUT2D eigenvalue weighted by molar-refractivity contribution is 6.01. The van der Waals surface area contributed by atoms with Crippen molar-refractivity contribution in [3.63, 3.8) is 0 Å². The van der Waals surface area contributed by atoms with Crippen LogP contribution in [0.2, 0.25) is 0 Å². The zero-order chi connectivity index (χ0) is 19.6. The van der Waals surface area contributed by atoms with E-state index in [-0.39, 0.29) is 11.5 Å². The van der Waals surface area contributed by atoms with Gasteiger partial charge in [0.05, 0.1) is 5.52 Å². The fraction of sp³-hybridized carbons (Fsp3) is 0.391. The molecule has 2 heterocycles. The Balaban J connectivity index is 1.73. The minimum absolute atomic E-state index is 0.00737. The fourth-order valence-corrected chi connectivity index (χ4v) is 5.05. The smallest absolute Gasteiger partial charge is 0.253 e. The molecule has 5 heteroatoms. The number of aromatic nitrogens is 2. The second-order valence-corrected chi connectivity index (χ2v) is 8.36. The van der Waals surface area contributed by atoms with Gasteiger partial charge in [0.2, 0.25) is 0 Å². The van der Waals surface area contributed by atoms with Crippen LogP contribution in [0.5, 0.6) is 5.75 Å². The lowest BCUT2D eigenvalue weighted by Gasteiger charge is -2.38. The molecule has 0 saturated heterocycles. The zero-order valence-electron chi connectivity index (χ0n) is 16.8. The quantitative estimate of drug-likeness (QED) is 0.698. The van der Waals surface area contributed by atoms with Crippen LogP contribution in [0.25, 0.3) is 11.0 Å². The number of fused-ring (bicyclic) bond motifs is 5. The van der Waals surface area contributed by atoms with Crippen molar-refractivity contribution < 1.29 is 9.53 Å². The molecule has 5 nitrogen and oxygen atoms in total. The summed E-state index contributed by atoms with van der Waals surface area (Å²) in [7, 11) is 3.58. The van der Waals surface area contributed by atoms with Crippen molar-refractivity contribution in [3.05, 3.63) is 57.9 Å². The fourth-order valence-electron chi connectivity index (χ4n) is 5.05. The Hall–Kier alpha value is -2.82. The van der Waals surface area contributed by atoms with E-state index in [4.69, 9.17) is 9.72 Å². The Morgan fingerprint density at radius 3 is 2.79 bits per heavy atom. The topological polar surface area (TPSA) is 58.2 Å². The Kier molecular flexibility index (Phi) is 3.60. The predicted molar refractivity (Wildman–Crippen MR) is 109 cm³/mol. The summed E-state index contributed by atoms with van der Waals surface area (Å²) >= 11 is 0. The minimum Gasteiger partial charge on any atom is -0.480 e. The van der Waals surface area contributed by atoms with Crippen LogP contribution in [0.3, 0.4) is 0 Å². The maximum absolute atomic E-state index is 12.9. The predicted octanol–water partition coefficient (Wildman–Crippen LogP) is 4.05. The number of benzene rings is 2. The van der Waals surface area contributed by atoms with Gasteiger partial charge >= 0.3 is 0 Å². The number of hydrogen-bond donors (Lipinski definition) is 1. The van der Waals surface area contributed by atoms with Gasteiger partial charge < -0.3 is 14.6 Å². The highest BCUT2D eigenvalue weighted by Gasteiger charge is 2.45. The van der Waals surface area contributed by atoms with Crippen molar-refractivity contribution in [2.45, 2.75) is 45.1 Å². The molecule has 1 aromatic heterocycles. The molecule has 5 rings (SSSR count). The Bertz CT molecular complexity index is 1130. The molecule has 2 aliphatic rings. The van der Waals surface area contributed by atoms with Crippen LogP contribution < -0.4 is 4.74 Å². The second kappa shape index (κ2) is 5.84. The number of rotatable bonds is 1. The van der Waals surface area contributed by atoms with Gasteiger partial charge in [0, 0.05) is 30.8 Å². The van der Waals surface area contributed by atoms with E-state index in [9.17, 15) is 4.79 Å². The first-order chi connectivity index (χ1) is 13.4. The zero-order valence-corrected chi connectivity index (χ0v) is 16.8. The van der Waals surface area contributed by atoms with Gasteiger partial charge in [-0.3, -0.25) is 4.79 Å². The Morgan fingerprint density at radius 2 is 2.00 bits per heavy atom. The van der Waals surface area contributed by atoms with Gasteiger partial charge in [-0.15, -0.1) is 0 Å². The van der Waals surface area contributed by atoms with Crippen LogP contribution in [0.1, 0.15) is 51.3 Å². The number of aryl methyl sites for hydroxylation is 3. The number of carbonyl (C=O) groups excluding carboxylic acids is 1. The first-order valence-electron chi connectivity index (χ1n) is 9.91. The third-order valence-electron chi connectivity index (χ3n) is 6.28. The number of hydrogen-bond acceptors (Lipinski definition) is 3. The average Bonchev–Trinajstić information content (AvgIpc) is 3.21. The van der Waals surface area contributed by atoms with E-state index in [0.29, 0.717) is 5.56 Å². The number of H-pyrrole nitrogens is 1. The van der Waals surface area contributed by atoms with E-state index >= 15 is 0 Å². The maximum Gasteiger partial charge on any atom is 0.253 e. The molecule has 0 bridgehead atoms. The van der Waals surface area contributed by atoms with Crippen molar-refractivity contribution in [1.29, 1.82) is 0 Å². The van der Waals surface area contributed by atoms with E-state index < -0.39 is 0 Å². The second-order valence-electron chi connectivity index (χ2n) is 8.36. The summed E-state index contributed by atoms with van der Waals surface area (Å²) in [5.41, 5.74) is 7.11. The molecule has 0 fully saturated rings. The number of imidazole rings is 1. The van der Waals surface area contributed by atoms with Crippen LogP contribution in [0, 0.1) is 13.8 Å². The number of nitrogens with zero attached hydrogens (tertiary/aromatic N) is 2. The van der Waals surface area contributed by atoms with Gasteiger partial charge in [-0.25, -0.2) is 4.98 Å². The molecule has 1 unspecified atom stereocenters. The molecule has 0 saturated carbocycles. The van der Waals surface area contributed by atoms with Crippen LogP contribution in [-0.4, -0.2) is 34.9 Å². The van der Waals surface area contributed by atoms with Gasteiger partial charge in [-0.1, -0.05) is 18.2 Å². The molecule has 3 aromatic rings. The van der Waals surface area contributed by atoms with Gasteiger partial charge in [0.25, 0.3) is 5.91 Å². The maximum atomic E-state index is 12.9. The third kappa shape index (κ3) is 2.32. The van der Waals surface area contributed by atoms with E-state index in [2.05, 4.69) is 30.1 Å². The normalized spacial score (nSPS) is 20.1. The summed E-state index contributed by atoms with van der Waals surface area (Å²) in [6.45, 7) is 4.11. The first kappa shape index (κ1) is 17.3. The SMILES string of the molecule is Cc1nc2c3c(c(C(=O)N(C)C)cc2[nH]1)CCC1(CCc2cccc(C)c21)O3. The van der Waals surface area contributed by atoms with Crippen molar-refractivity contribution >= 4 is 16.9 Å². The summed E-state index contributed by atoms with van der Waals surface area (Å²) in [4.78, 5) is 22.5. The highest BCUT2D eigenvalue weighted by atomic mass is 16.5. The van der Waals surface area contributed by atoms with Gasteiger partial charge in [0.15, 0.2) is 5.75 Å². The monoisotopic (exact) mass is 375 g/mol. The van der Waals surface area contributed by atoms with Crippen molar-refractivity contribution in [2.75, 3.05) is 14.1 Å². The number of aromatic amines is 1. The van der Waals surface area contributed by atoms with Crippen molar-refractivity contribution in [1.82, 2.24) is 14.9 Å². The van der Waals surface area contributed by atoms with E-state index in [1.165, 1.54) is 16.7 Å². The summed E-state index contributed by atoms with van der Waals surface area (Å²) in [6, 6.07) is 8.46. The molecule has 1 spiro atoms. The lowest BCUT2D eigenvalue weighted by atomic mass is 9.82. The van der Waals surface area contributed by atoms with E-state index in [0.717, 1.165) is 53.9 Å². The molecule has 1 aliphatic carbocycles. The summed E-state index contributed by atoms with van der Waals surface area (Å²) in [6.07, 6.45) is 3.72. The van der Waals surface area contributed by atoms with Crippen molar-refractivity contribution in [3.8, 4) is 5.75 Å². The molecule has 0 radical (unpaired) electrons. The summed E-state index contributed by atoms with van der Waals surface area (Å²) < 4.78 is 6.83. The summed E-state index contributed by atoms with van der Waals surface area (Å²) in [5, 5.41) is 0. The Labute approximate surface area is 164 Å². The summed E-state index contributed by atoms with van der Waals surface area (Å²) in [5.74, 6) is 1.63. The van der Waals surface area contributed by atoms with Crippen LogP contribution in [0.4, 0.5) is 0 Å². The molecule has 144 valence electrons. The number of amides is 1. The minimum atomic E-state index is -0.312. The van der Waals surface area contributed by atoms with Gasteiger partial charge in [-0.2, -0.15) is 0 Å². The average molecular weight is 375 g/mol. The standard InChI is InChI=1S/C23H25N3O2/c1-13-6-5-7-15-8-10-23(19(13)15)11-9-16-17(22(27)26(3)4)12-18-20(21(16)28-23)25-14(2)24-18/h5-7,12H,8-11H2,1-4H3,(H,24,25). The van der Waals surface area contributed by atoms with Gasteiger partial charge in [0.1, 0.15) is 16.9 Å². The molecule has 2 aromatic carbocycles. The first-order valence-corrected chi connectivity index (χ1v) is 9.91. The molecule has 1 N–H and O–H groups in total. The molecular formula is C23H25N3O2. The molecular weight excluding hydrogens is 350 g/mol. The number of ether oxygens (including phenoxy) is 1. The van der Waals surface area contributed by atoms with Crippen LogP contribution >= 0.6 is 0 Å². The van der Waals surface area contributed by atoms with E-state index in [1.54, 1.807) is 19.0 Å². The van der Waals surface area contributed by atoms with Crippen molar-refractivity contribution in [2.24, 2.45) is 0 Å². The number of nitrogens with one attached hydrogen (secondary N) is 1.